The Labute approximate surface area is 166 Å². The monoisotopic (exact) mass is 385 g/mol. The van der Waals surface area contributed by atoms with E-state index in [1.165, 1.54) is 12.1 Å². The summed E-state index contributed by atoms with van der Waals surface area (Å²) in [7, 11) is 0. The minimum absolute atomic E-state index is 0.0954. The van der Waals surface area contributed by atoms with Crippen molar-refractivity contribution in [1.29, 1.82) is 0 Å². The highest BCUT2D eigenvalue weighted by atomic mass is 19.1. The van der Waals surface area contributed by atoms with E-state index < -0.39 is 0 Å². The molecule has 2 fully saturated rings. The van der Waals surface area contributed by atoms with Crippen molar-refractivity contribution in [2.45, 2.75) is 38.9 Å². The number of hydrogen-bond acceptors (Lipinski definition) is 3. The number of hydrogen-bond donors (Lipinski definition) is 0. The van der Waals surface area contributed by atoms with Gasteiger partial charge in [0.2, 0.25) is 0 Å². The highest BCUT2D eigenvalue weighted by Gasteiger charge is 2.24. The van der Waals surface area contributed by atoms with Crippen molar-refractivity contribution < 1.29 is 8.78 Å². The van der Waals surface area contributed by atoms with Crippen molar-refractivity contribution in [3.8, 4) is 0 Å². The first-order valence-corrected chi connectivity index (χ1v) is 10.3. The van der Waals surface area contributed by atoms with Crippen LogP contribution < -0.4 is 4.90 Å². The van der Waals surface area contributed by atoms with E-state index >= 15 is 0 Å². The lowest BCUT2D eigenvalue weighted by molar-refractivity contribution is 0.0732. The van der Waals surface area contributed by atoms with Crippen LogP contribution >= 0.6 is 0 Å². The van der Waals surface area contributed by atoms with Crippen LogP contribution in [0.4, 0.5) is 14.5 Å². The number of nitrogens with zero attached hydrogens (tertiary/aromatic N) is 3. The first kappa shape index (κ1) is 19.3. The Morgan fingerprint density at radius 3 is 2.25 bits per heavy atom. The van der Waals surface area contributed by atoms with Crippen LogP contribution in [-0.2, 0) is 13.1 Å². The Bertz CT molecular complexity index is 787. The number of piperazine rings is 1. The van der Waals surface area contributed by atoms with Gasteiger partial charge in [0, 0.05) is 51.9 Å². The maximum absolute atomic E-state index is 14.6. The molecule has 1 atom stereocenters. The van der Waals surface area contributed by atoms with E-state index in [0.717, 1.165) is 75.5 Å². The quantitative estimate of drug-likeness (QED) is 0.761. The van der Waals surface area contributed by atoms with Gasteiger partial charge in [-0.25, -0.2) is 8.78 Å². The second-order valence-corrected chi connectivity index (χ2v) is 8.16. The van der Waals surface area contributed by atoms with Crippen LogP contribution in [0.1, 0.15) is 30.9 Å². The maximum atomic E-state index is 14.6. The van der Waals surface area contributed by atoms with E-state index in [0.29, 0.717) is 6.04 Å². The van der Waals surface area contributed by atoms with E-state index in [-0.39, 0.29) is 11.6 Å². The smallest absolute Gasteiger partial charge is 0.146 e. The summed E-state index contributed by atoms with van der Waals surface area (Å²) in [5, 5.41) is 0. The van der Waals surface area contributed by atoms with Crippen molar-refractivity contribution >= 4 is 5.69 Å². The van der Waals surface area contributed by atoms with Gasteiger partial charge in [0.25, 0.3) is 0 Å². The standard InChI is InChI=1S/C23H29F2N3/c1-18-15-26(16-19-4-7-21(24)8-5-19)12-13-28(18)17-20-6-9-23(22(25)14-20)27-10-2-3-11-27/h4-9,14,18H,2-3,10-13,15-17H2,1H3/t18-/m1/s1. The summed E-state index contributed by atoms with van der Waals surface area (Å²) in [6, 6.07) is 12.9. The van der Waals surface area contributed by atoms with E-state index in [1.807, 2.05) is 18.2 Å². The molecule has 2 heterocycles. The highest BCUT2D eigenvalue weighted by Crippen LogP contribution is 2.25. The van der Waals surface area contributed by atoms with Crippen molar-refractivity contribution in [3.05, 3.63) is 65.2 Å². The zero-order chi connectivity index (χ0) is 19.5. The summed E-state index contributed by atoms with van der Waals surface area (Å²) >= 11 is 0. The van der Waals surface area contributed by atoms with Crippen molar-refractivity contribution in [2.24, 2.45) is 0 Å². The minimum atomic E-state index is -0.190. The van der Waals surface area contributed by atoms with Crippen LogP contribution in [0.2, 0.25) is 0 Å². The van der Waals surface area contributed by atoms with E-state index in [1.54, 1.807) is 6.07 Å². The van der Waals surface area contributed by atoms with Gasteiger partial charge in [0.05, 0.1) is 5.69 Å². The highest BCUT2D eigenvalue weighted by molar-refractivity contribution is 5.49. The molecule has 0 N–H and O–H groups in total. The second kappa shape index (κ2) is 8.58. The average Bonchev–Trinajstić information content (AvgIpc) is 3.20. The third-order valence-corrected chi connectivity index (χ3v) is 6.01. The van der Waals surface area contributed by atoms with Crippen LogP contribution in [0.3, 0.4) is 0 Å². The summed E-state index contributed by atoms with van der Waals surface area (Å²) in [5.74, 6) is -0.285. The van der Waals surface area contributed by atoms with Crippen LogP contribution in [0, 0.1) is 11.6 Å². The molecular weight excluding hydrogens is 356 g/mol. The molecule has 0 aliphatic carbocycles. The Morgan fingerprint density at radius 2 is 1.57 bits per heavy atom. The number of benzene rings is 2. The van der Waals surface area contributed by atoms with Crippen molar-refractivity contribution in [1.82, 2.24) is 9.80 Å². The normalized spacial score (nSPS) is 21.4. The van der Waals surface area contributed by atoms with E-state index in [2.05, 4.69) is 27.7 Å². The zero-order valence-electron chi connectivity index (χ0n) is 16.6. The average molecular weight is 386 g/mol. The molecule has 2 aromatic rings. The molecule has 2 aliphatic rings. The van der Waals surface area contributed by atoms with Gasteiger partial charge in [-0.05, 0) is 55.2 Å². The summed E-state index contributed by atoms with van der Waals surface area (Å²) in [5.41, 5.74) is 2.93. The van der Waals surface area contributed by atoms with Crippen LogP contribution in [-0.4, -0.2) is 48.6 Å². The largest absolute Gasteiger partial charge is 0.369 e. The first-order chi connectivity index (χ1) is 13.6. The van der Waals surface area contributed by atoms with Gasteiger partial charge in [-0.1, -0.05) is 18.2 Å². The van der Waals surface area contributed by atoms with Crippen LogP contribution in [0.5, 0.6) is 0 Å². The van der Waals surface area contributed by atoms with Gasteiger partial charge in [-0.3, -0.25) is 9.80 Å². The molecule has 28 heavy (non-hydrogen) atoms. The summed E-state index contributed by atoms with van der Waals surface area (Å²) in [6.07, 6.45) is 2.31. The Morgan fingerprint density at radius 1 is 0.857 bits per heavy atom. The van der Waals surface area contributed by atoms with Crippen LogP contribution in [0.15, 0.2) is 42.5 Å². The fourth-order valence-corrected chi connectivity index (χ4v) is 4.39. The molecular formula is C23H29F2N3. The van der Waals surface area contributed by atoms with Crippen LogP contribution in [0.25, 0.3) is 0 Å². The lowest BCUT2D eigenvalue weighted by Gasteiger charge is -2.40. The Hall–Kier alpha value is -1.98. The Kier molecular flexibility index (Phi) is 5.93. The number of rotatable bonds is 5. The molecule has 2 aromatic carbocycles. The van der Waals surface area contributed by atoms with Gasteiger partial charge in [-0.15, -0.1) is 0 Å². The second-order valence-electron chi connectivity index (χ2n) is 8.16. The predicted molar refractivity (Wildman–Crippen MR) is 109 cm³/mol. The van der Waals surface area contributed by atoms with Gasteiger partial charge in [0.1, 0.15) is 11.6 Å². The molecule has 0 unspecified atom stereocenters. The number of halogens is 2. The SMILES string of the molecule is C[C@@H]1CN(Cc2ccc(F)cc2)CCN1Cc1ccc(N2CCCC2)c(F)c1. The molecule has 5 heteroatoms. The fraction of sp³-hybridized carbons (Fsp3) is 0.478. The lowest BCUT2D eigenvalue weighted by atomic mass is 10.1. The zero-order valence-corrected chi connectivity index (χ0v) is 16.6. The predicted octanol–water partition coefficient (Wildman–Crippen LogP) is 4.27. The molecule has 0 spiro atoms. The van der Waals surface area contributed by atoms with Crippen molar-refractivity contribution in [3.63, 3.8) is 0 Å². The molecule has 2 saturated heterocycles. The van der Waals surface area contributed by atoms with Gasteiger partial charge in [-0.2, -0.15) is 0 Å². The summed E-state index contributed by atoms with van der Waals surface area (Å²) in [4.78, 5) is 6.98. The van der Waals surface area contributed by atoms with Gasteiger partial charge < -0.3 is 4.90 Å². The van der Waals surface area contributed by atoms with E-state index in [4.69, 9.17) is 0 Å². The molecule has 3 nitrogen and oxygen atoms in total. The molecule has 0 aromatic heterocycles. The molecule has 2 aliphatic heterocycles. The van der Waals surface area contributed by atoms with Crippen molar-refractivity contribution in [2.75, 3.05) is 37.6 Å². The molecule has 150 valence electrons. The molecule has 0 amide bonds. The fourth-order valence-electron chi connectivity index (χ4n) is 4.39. The van der Waals surface area contributed by atoms with Gasteiger partial charge >= 0.3 is 0 Å². The summed E-state index contributed by atoms with van der Waals surface area (Å²) < 4.78 is 27.7. The summed E-state index contributed by atoms with van der Waals surface area (Å²) in [6.45, 7) is 8.67. The minimum Gasteiger partial charge on any atom is -0.369 e. The molecule has 0 saturated carbocycles. The lowest BCUT2D eigenvalue weighted by Crippen LogP contribution is -2.50. The third-order valence-electron chi connectivity index (χ3n) is 6.01. The molecule has 0 bridgehead atoms. The third kappa shape index (κ3) is 4.53. The molecule has 0 radical (unpaired) electrons. The molecule has 4 rings (SSSR count). The first-order valence-electron chi connectivity index (χ1n) is 10.3. The van der Waals surface area contributed by atoms with Gasteiger partial charge in [0.15, 0.2) is 0 Å². The number of anilines is 1. The topological polar surface area (TPSA) is 9.72 Å². The maximum Gasteiger partial charge on any atom is 0.146 e. The Balaban J connectivity index is 1.33. The van der Waals surface area contributed by atoms with E-state index in [9.17, 15) is 8.78 Å².